The van der Waals surface area contributed by atoms with E-state index in [2.05, 4.69) is 15.6 Å². The summed E-state index contributed by atoms with van der Waals surface area (Å²) >= 11 is 0. The van der Waals surface area contributed by atoms with Crippen LogP contribution in [0.1, 0.15) is 48.8 Å². The molecule has 224 valence electrons. The van der Waals surface area contributed by atoms with E-state index in [1.165, 1.54) is 12.3 Å². The Bertz CT molecular complexity index is 1210. The number of fused-ring (bicyclic) bond motifs is 1. The molecule has 11 nitrogen and oxygen atoms in total. The first-order valence-electron chi connectivity index (χ1n) is 13.9. The summed E-state index contributed by atoms with van der Waals surface area (Å²) in [5.41, 5.74) is 16.1. The van der Waals surface area contributed by atoms with Crippen molar-refractivity contribution in [2.24, 2.45) is 16.5 Å². The van der Waals surface area contributed by atoms with E-state index in [1.807, 2.05) is 4.90 Å². The number of aliphatic imine (C=N–C) groups is 1. The van der Waals surface area contributed by atoms with Gasteiger partial charge in [-0.15, -0.1) is 0 Å². The van der Waals surface area contributed by atoms with E-state index in [-0.39, 0.29) is 28.8 Å². The normalized spacial score (nSPS) is 19.5. The van der Waals surface area contributed by atoms with Gasteiger partial charge in [0.15, 0.2) is 0 Å². The van der Waals surface area contributed by atoms with E-state index < -0.39 is 25.1 Å². The first-order chi connectivity index (χ1) is 19.7. The number of carboxylic acids is 1. The van der Waals surface area contributed by atoms with Crippen molar-refractivity contribution in [2.75, 3.05) is 51.3 Å². The molecule has 13 heteroatoms. The van der Waals surface area contributed by atoms with Gasteiger partial charge in [0, 0.05) is 92.9 Å². The van der Waals surface area contributed by atoms with Gasteiger partial charge in [-0.3, -0.25) is 9.79 Å². The molecule has 0 bridgehead atoms. The molecular formula is C28H39F2N7O4. The topological polar surface area (TPSA) is 159 Å². The van der Waals surface area contributed by atoms with Crippen molar-refractivity contribution < 1.29 is 28.2 Å². The number of aryl methyl sites for hydroxylation is 1. The first-order valence-corrected chi connectivity index (χ1v) is 13.9. The second-order valence-electron chi connectivity index (χ2n) is 10.4. The smallest absolute Gasteiger partial charge is 0.325 e. The molecule has 0 spiro atoms. The standard InChI is InChI=1S/C28H39F2N7O4/c1-33-28(40)36-8-4-23(35-19-5-9-41-10-6-19)22(16-36)27(32)37-7-2-3-17-11-20(21(26(29)30)12-24(17)37)18(13-31)14-34-15-25(38)39/h11-14,19,26-27,35H,2-10,15-16,31-32H2,1H3,(H,33,40)(H,38,39). The van der Waals surface area contributed by atoms with E-state index in [9.17, 15) is 18.4 Å². The third kappa shape index (κ3) is 7.14. The minimum atomic E-state index is -2.82. The second kappa shape index (κ2) is 13.8. The van der Waals surface area contributed by atoms with Crippen molar-refractivity contribution in [1.82, 2.24) is 15.5 Å². The predicted octanol–water partition coefficient (Wildman–Crippen LogP) is 2.18. The summed E-state index contributed by atoms with van der Waals surface area (Å²) in [5.74, 6) is -1.14. The van der Waals surface area contributed by atoms with Crippen LogP contribution in [0, 0.1) is 0 Å². The second-order valence-corrected chi connectivity index (χ2v) is 10.4. The van der Waals surface area contributed by atoms with E-state index in [0.29, 0.717) is 51.4 Å². The summed E-state index contributed by atoms with van der Waals surface area (Å²) in [6, 6.07) is 3.16. The van der Waals surface area contributed by atoms with Crippen LogP contribution < -0.4 is 27.0 Å². The van der Waals surface area contributed by atoms with Gasteiger partial charge in [-0.05, 0) is 48.9 Å². The number of carbonyl (C=O) groups is 2. The number of nitrogens with one attached hydrogen (secondary N) is 2. The number of halogens is 2. The Balaban J connectivity index is 1.71. The zero-order chi connectivity index (χ0) is 29.5. The lowest BCUT2D eigenvalue weighted by Gasteiger charge is -2.42. The summed E-state index contributed by atoms with van der Waals surface area (Å²) < 4.78 is 34.3. The molecule has 0 radical (unpaired) electrons. The molecule has 0 aliphatic carbocycles. The maximum Gasteiger partial charge on any atom is 0.325 e. The average Bonchev–Trinajstić information content (AvgIpc) is 2.98. The van der Waals surface area contributed by atoms with Crippen LogP contribution in [-0.2, 0) is 16.0 Å². The van der Waals surface area contributed by atoms with E-state index >= 15 is 0 Å². The number of allylic oxidation sites excluding steroid dienone is 1. The number of carboxylic acid groups (broad SMARTS) is 1. The Morgan fingerprint density at radius 1 is 1.24 bits per heavy atom. The number of alkyl halides is 2. The molecule has 0 aromatic heterocycles. The van der Waals surface area contributed by atoms with Gasteiger partial charge in [-0.25, -0.2) is 13.6 Å². The number of hydrogen-bond acceptors (Lipinski definition) is 8. The van der Waals surface area contributed by atoms with Crippen LogP contribution in [0.4, 0.5) is 19.3 Å². The first kappa shape index (κ1) is 30.3. The third-order valence-electron chi connectivity index (χ3n) is 7.76. The molecule has 1 atom stereocenters. The molecule has 4 rings (SSSR count). The van der Waals surface area contributed by atoms with E-state index in [0.717, 1.165) is 42.3 Å². The molecule has 41 heavy (non-hydrogen) atoms. The molecule has 1 aromatic carbocycles. The zero-order valence-corrected chi connectivity index (χ0v) is 23.2. The Labute approximate surface area is 238 Å². The highest BCUT2D eigenvalue weighted by Crippen LogP contribution is 2.38. The minimum Gasteiger partial charge on any atom is -0.480 e. The van der Waals surface area contributed by atoms with Crippen molar-refractivity contribution in [1.29, 1.82) is 0 Å². The zero-order valence-electron chi connectivity index (χ0n) is 23.2. The van der Waals surface area contributed by atoms with Gasteiger partial charge in [-0.1, -0.05) is 0 Å². The Morgan fingerprint density at radius 2 is 2.00 bits per heavy atom. The van der Waals surface area contributed by atoms with Crippen molar-refractivity contribution in [2.45, 2.75) is 50.7 Å². The number of carbonyl (C=O) groups excluding carboxylic acids is 1. The van der Waals surface area contributed by atoms with Crippen LogP contribution in [0.5, 0.6) is 0 Å². The molecule has 7 N–H and O–H groups in total. The van der Waals surface area contributed by atoms with Gasteiger partial charge >= 0.3 is 12.0 Å². The van der Waals surface area contributed by atoms with Crippen LogP contribution in [-0.4, -0.2) is 86.9 Å². The van der Waals surface area contributed by atoms with Crippen molar-refractivity contribution >= 4 is 29.5 Å². The number of benzene rings is 1. The number of nitrogens with zero attached hydrogens (tertiary/aromatic N) is 3. The molecule has 1 unspecified atom stereocenters. The molecule has 0 saturated carbocycles. The molecule has 1 fully saturated rings. The van der Waals surface area contributed by atoms with Crippen molar-refractivity contribution in [3.8, 4) is 0 Å². The molecule has 1 saturated heterocycles. The highest BCUT2D eigenvalue weighted by atomic mass is 19.3. The van der Waals surface area contributed by atoms with Crippen molar-refractivity contribution in [3.63, 3.8) is 0 Å². The SMILES string of the molecule is CNC(=O)N1CCC(NC2CCOCC2)=C(C(N)N2CCCc3cc(C(C=NCC(=O)O)=CN)c(C(F)F)cc32)C1. The quantitative estimate of drug-likeness (QED) is 0.280. The summed E-state index contributed by atoms with van der Waals surface area (Å²) in [7, 11) is 1.59. The largest absolute Gasteiger partial charge is 0.480 e. The predicted molar refractivity (Wildman–Crippen MR) is 153 cm³/mol. The average molecular weight is 576 g/mol. The van der Waals surface area contributed by atoms with Gasteiger partial charge in [0.25, 0.3) is 6.43 Å². The Kier molecular flexibility index (Phi) is 10.2. The van der Waals surface area contributed by atoms with Gasteiger partial charge in [0.05, 0.1) is 0 Å². The Morgan fingerprint density at radius 3 is 2.66 bits per heavy atom. The van der Waals surface area contributed by atoms with E-state index in [4.69, 9.17) is 21.3 Å². The fourth-order valence-electron chi connectivity index (χ4n) is 5.65. The maximum atomic E-state index is 14.4. The van der Waals surface area contributed by atoms with E-state index in [1.54, 1.807) is 18.0 Å². The number of urea groups is 1. The number of aliphatic carboxylic acids is 1. The number of hydrogen-bond donors (Lipinski definition) is 5. The van der Waals surface area contributed by atoms with Crippen molar-refractivity contribution in [3.05, 3.63) is 46.3 Å². The summed E-state index contributed by atoms with van der Waals surface area (Å²) in [4.78, 5) is 30.9. The number of amides is 2. The lowest BCUT2D eigenvalue weighted by molar-refractivity contribution is -0.135. The highest BCUT2D eigenvalue weighted by molar-refractivity contribution is 6.10. The number of nitrogens with two attached hydrogens (primary N) is 2. The van der Waals surface area contributed by atoms with Crippen LogP contribution in [0.3, 0.4) is 0 Å². The van der Waals surface area contributed by atoms with Gasteiger partial charge in [0.2, 0.25) is 0 Å². The van der Waals surface area contributed by atoms with Crippen LogP contribution in [0.25, 0.3) is 5.57 Å². The lowest BCUT2D eigenvalue weighted by Crippen LogP contribution is -2.53. The fourth-order valence-corrected chi connectivity index (χ4v) is 5.65. The van der Waals surface area contributed by atoms with Crippen LogP contribution in [0.15, 0.2) is 34.6 Å². The van der Waals surface area contributed by atoms with Crippen LogP contribution >= 0.6 is 0 Å². The highest BCUT2D eigenvalue weighted by Gasteiger charge is 2.33. The molecule has 3 aliphatic rings. The summed E-state index contributed by atoms with van der Waals surface area (Å²) in [6.07, 6.45) is 2.63. The Hall–Kier alpha value is -3.71. The van der Waals surface area contributed by atoms with Gasteiger partial charge in [0.1, 0.15) is 12.7 Å². The van der Waals surface area contributed by atoms with Gasteiger partial charge < -0.3 is 41.7 Å². The summed E-state index contributed by atoms with van der Waals surface area (Å²) in [5, 5.41) is 15.2. The number of rotatable bonds is 9. The molecular weight excluding hydrogens is 536 g/mol. The number of anilines is 1. The monoisotopic (exact) mass is 575 g/mol. The molecule has 2 amide bonds. The number of ether oxygens (including phenoxy) is 1. The summed E-state index contributed by atoms with van der Waals surface area (Å²) in [6.45, 7) is 2.27. The van der Waals surface area contributed by atoms with Crippen LogP contribution in [0.2, 0.25) is 0 Å². The molecule has 3 heterocycles. The molecule has 1 aromatic rings. The molecule has 3 aliphatic heterocycles. The minimum absolute atomic E-state index is 0.200. The van der Waals surface area contributed by atoms with Gasteiger partial charge in [-0.2, -0.15) is 0 Å². The maximum absolute atomic E-state index is 14.4. The third-order valence-corrected chi connectivity index (χ3v) is 7.76. The lowest BCUT2D eigenvalue weighted by atomic mass is 9.91. The fraction of sp³-hybridized carbons (Fsp3) is 0.536.